The van der Waals surface area contributed by atoms with Crippen molar-refractivity contribution in [1.82, 2.24) is 15.1 Å². The van der Waals surface area contributed by atoms with Gasteiger partial charge in [-0.1, -0.05) is 0 Å². The van der Waals surface area contributed by atoms with E-state index in [0.717, 1.165) is 26.2 Å². The number of rotatable bonds is 3. The third kappa shape index (κ3) is 2.81. The van der Waals surface area contributed by atoms with E-state index in [9.17, 15) is 9.59 Å². The fourth-order valence-corrected chi connectivity index (χ4v) is 2.51. The summed E-state index contributed by atoms with van der Waals surface area (Å²) >= 11 is 0. The Morgan fingerprint density at radius 1 is 1.28 bits per heavy atom. The van der Waals surface area contributed by atoms with Crippen molar-refractivity contribution in [2.24, 2.45) is 5.41 Å². The van der Waals surface area contributed by atoms with Crippen LogP contribution >= 0.6 is 0 Å². The number of aliphatic carboxylic acids is 1. The Labute approximate surface area is 107 Å². The molecular weight excluding hydrogens is 234 g/mol. The molecule has 0 aromatic rings. The highest BCUT2D eigenvalue weighted by Gasteiger charge is 2.42. The van der Waals surface area contributed by atoms with Gasteiger partial charge in [0, 0.05) is 39.3 Å². The van der Waals surface area contributed by atoms with Crippen molar-refractivity contribution in [2.75, 3.05) is 45.8 Å². The third-order valence-corrected chi connectivity index (χ3v) is 3.91. The molecule has 1 unspecified atom stereocenters. The predicted octanol–water partition coefficient (Wildman–Crippen LogP) is -0.785. The van der Waals surface area contributed by atoms with Crippen molar-refractivity contribution < 1.29 is 14.7 Å². The summed E-state index contributed by atoms with van der Waals surface area (Å²) in [6.07, 6.45) is 0.551. The summed E-state index contributed by atoms with van der Waals surface area (Å²) in [4.78, 5) is 27.0. The fraction of sp³-hybridized carbons (Fsp3) is 0.833. The highest BCUT2D eigenvalue weighted by molar-refractivity contribution is 5.81. The first kappa shape index (κ1) is 13.3. The van der Waals surface area contributed by atoms with Crippen LogP contribution in [0.3, 0.4) is 0 Å². The number of piperazine rings is 1. The molecule has 2 saturated heterocycles. The molecule has 0 saturated carbocycles. The maximum atomic E-state index is 12.1. The molecule has 6 nitrogen and oxygen atoms in total. The summed E-state index contributed by atoms with van der Waals surface area (Å²) in [6.45, 7) is 6.64. The van der Waals surface area contributed by atoms with Gasteiger partial charge in [0.15, 0.2) is 0 Å². The van der Waals surface area contributed by atoms with Crippen LogP contribution in [0.4, 0.5) is 0 Å². The zero-order valence-electron chi connectivity index (χ0n) is 10.8. The summed E-state index contributed by atoms with van der Waals surface area (Å²) in [7, 11) is 0. The lowest BCUT2D eigenvalue weighted by Crippen LogP contribution is -2.48. The Kier molecular flexibility index (Phi) is 3.87. The number of carbonyl (C=O) groups excluding carboxylic acids is 1. The van der Waals surface area contributed by atoms with Gasteiger partial charge in [-0.2, -0.15) is 0 Å². The smallest absolute Gasteiger partial charge is 0.311 e. The third-order valence-electron chi connectivity index (χ3n) is 3.91. The van der Waals surface area contributed by atoms with E-state index in [-0.39, 0.29) is 5.91 Å². The molecule has 102 valence electrons. The Balaban J connectivity index is 1.85. The van der Waals surface area contributed by atoms with E-state index in [4.69, 9.17) is 5.11 Å². The molecule has 0 aromatic heterocycles. The quantitative estimate of drug-likeness (QED) is 0.692. The molecule has 2 aliphatic heterocycles. The van der Waals surface area contributed by atoms with Gasteiger partial charge in [-0.25, -0.2) is 0 Å². The fourth-order valence-electron chi connectivity index (χ4n) is 2.51. The van der Waals surface area contributed by atoms with Crippen molar-refractivity contribution in [1.29, 1.82) is 0 Å². The molecular formula is C12H21N3O3. The van der Waals surface area contributed by atoms with Gasteiger partial charge in [-0.05, 0) is 13.3 Å². The van der Waals surface area contributed by atoms with Crippen molar-refractivity contribution in [2.45, 2.75) is 13.3 Å². The lowest BCUT2D eigenvalue weighted by molar-refractivity contribution is -0.147. The topological polar surface area (TPSA) is 72.9 Å². The van der Waals surface area contributed by atoms with Crippen molar-refractivity contribution >= 4 is 11.9 Å². The summed E-state index contributed by atoms with van der Waals surface area (Å²) in [5.74, 6) is -0.748. The number of carboxylic acid groups (broad SMARTS) is 1. The molecule has 0 aliphatic carbocycles. The molecule has 1 atom stereocenters. The lowest BCUT2D eigenvalue weighted by Gasteiger charge is -2.28. The second-order valence-electron chi connectivity index (χ2n) is 5.46. The minimum atomic E-state index is -0.806. The molecule has 0 spiro atoms. The Morgan fingerprint density at radius 2 is 1.94 bits per heavy atom. The van der Waals surface area contributed by atoms with Crippen LogP contribution in [0.25, 0.3) is 0 Å². The van der Waals surface area contributed by atoms with Gasteiger partial charge in [0.1, 0.15) is 0 Å². The van der Waals surface area contributed by atoms with Gasteiger partial charge >= 0.3 is 5.97 Å². The molecule has 2 rings (SSSR count). The van der Waals surface area contributed by atoms with E-state index in [1.54, 1.807) is 11.8 Å². The normalized spacial score (nSPS) is 29.5. The minimum absolute atomic E-state index is 0.0573. The van der Waals surface area contributed by atoms with Crippen LogP contribution in [0.2, 0.25) is 0 Å². The number of hydrogen-bond acceptors (Lipinski definition) is 4. The SMILES string of the molecule is CC1(C(=O)O)CCN(C(=O)CN2CCNCC2)C1. The van der Waals surface area contributed by atoms with Crippen LogP contribution in [0, 0.1) is 5.41 Å². The highest BCUT2D eigenvalue weighted by Crippen LogP contribution is 2.30. The van der Waals surface area contributed by atoms with E-state index in [0.29, 0.717) is 26.1 Å². The molecule has 6 heteroatoms. The summed E-state index contributed by atoms with van der Waals surface area (Å²) in [5.41, 5.74) is -0.765. The maximum Gasteiger partial charge on any atom is 0.311 e. The molecule has 2 N–H and O–H groups in total. The van der Waals surface area contributed by atoms with Gasteiger partial charge in [-0.3, -0.25) is 14.5 Å². The molecule has 0 bridgehead atoms. The summed E-state index contributed by atoms with van der Waals surface area (Å²) < 4.78 is 0. The van der Waals surface area contributed by atoms with Crippen molar-refractivity contribution in [3.05, 3.63) is 0 Å². The van der Waals surface area contributed by atoms with Crippen LogP contribution in [-0.2, 0) is 9.59 Å². The molecule has 2 fully saturated rings. The van der Waals surface area contributed by atoms with Crippen LogP contribution in [0.1, 0.15) is 13.3 Å². The number of hydrogen-bond donors (Lipinski definition) is 2. The standard InChI is InChI=1S/C12H21N3O3/c1-12(11(17)18)2-5-15(9-12)10(16)8-14-6-3-13-4-7-14/h13H,2-9H2,1H3,(H,17,18). The van der Waals surface area contributed by atoms with Crippen molar-refractivity contribution in [3.8, 4) is 0 Å². The second-order valence-corrected chi connectivity index (χ2v) is 5.46. The number of carboxylic acids is 1. The van der Waals surface area contributed by atoms with E-state index in [1.165, 1.54) is 0 Å². The van der Waals surface area contributed by atoms with Gasteiger partial charge in [0.25, 0.3) is 0 Å². The number of likely N-dealkylation sites (tertiary alicyclic amines) is 1. The molecule has 18 heavy (non-hydrogen) atoms. The number of nitrogens with zero attached hydrogens (tertiary/aromatic N) is 2. The first-order chi connectivity index (χ1) is 8.51. The molecule has 1 amide bonds. The van der Waals surface area contributed by atoms with Crippen LogP contribution in [0.5, 0.6) is 0 Å². The second kappa shape index (κ2) is 5.24. The van der Waals surface area contributed by atoms with E-state index >= 15 is 0 Å². The van der Waals surface area contributed by atoms with Crippen LogP contribution in [-0.4, -0.2) is 72.6 Å². The van der Waals surface area contributed by atoms with Crippen molar-refractivity contribution in [3.63, 3.8) is 0 Å². The predicted molar refractivity (Wildman–Crippen MR) is 66.2 cm³/mol. The Hall–Kier alpha value is -1.14. The van der Waals surface area contributed by atoms with Gasteiger partial charge < -0.3 is 15.3 Å². The van der Waals surface area contributed by atoms with Gasteiger partial charge in [-0.15, -0.1) is 0 Å². The Morgan fingerprint density at radius 3 is 2.50 bits per heavy atom. The number of amides is 1. The monoisotopic (exact) mass is 255 g/mol. The molecule has 2 heterocycles. The van der Waals surface area contributed by atoms with Crippen LogP contribution in [0.15, 0.2) is 0 Å². The van der Waals surface area contributed by atoms with E-state index < -0.39 is 11.4 Å². The number of nitrogens with one attached hydrogen (secondary N) is 1. The van der Waals surface area contributed by atoms with E-state index in [1.807, 2.05) is 0 Å². The highest BCUT2D eigenvalue weighted by atomic mass is 16.4. The molecule has 0 radical (unpaired) electrons. The zero-order valence-corrected chi connectivity index (χ0v) is 10.8. The van der Waals surface area contributed by atoms with Gasteiger partial charge in [0.05, 0.1) is 12.0 Å². The average molecular weight is 255 g/mol. The summed E-state index contributed by atoms with van der Waals surface area (Å²) in [6, 6.07) is 0. The zero-order chi connectivity index (χ0) is 13.2. The average Bonchev–Trinajstić information content (AvgIpc) is 2.75. The Bertz CT molecular complexity index is 341. The van der Waals surface area contributed by atoms with Crippen LogP contribution < -0.4 is 5.32 Å². The first-order valence-electron chi connectivity index (χ1n) is 6.45. The summed E-state index contributed by atoms with van der Waals surface area (Å²) in [5, 5.41) is 12.4. The van der Waals surface area contributed by atoms with Gasteiger partial charge in [0.2, 0.25) is 5.91 Å². The number of carbonyl (C=O) groups is 2. The first-order valence-corrected chi connectivity index (χ1v) is 6.45. The minimum Gasteiger partial charge on any atom is -0.481 e. The van der Waals surface area contributed by atoms with E-state index in [2.05, 4.69) is 10.2 Å². The molecule has 0 aromatic carbocycles. The molecule has 2 aliphatic rings. The maximum absolute atomic E-state index is 12.1. The lowest BCUT2D eigenvalue weighted by atomic mass is 9.90. The largest absolute Gasteiger partial charge is 0.481 e.